The number of hydrogen-bond acceptors (Lipinski definition) is 2. The van der Waals surface area contributed by atoms with Gasteiger partial charge in [0, 0.05) is 11.2 Å². The molecule has 1 aromatic heterocycles. The van der Waals surface area contributed by atoms with Crippen LogP contribution >= 0.6 is 0 Å². The lowest BCUT2D eigenvalue weighted by molar-refractivity contribution is 0.266. The summed E-state index contributed by atoms with van der Waals surface area (Å²) < 4.78 is 0. The van der Waals surface area contributed by atoms with Crippen LogP contribution in [0.1, 0.15) is 24.2 Å². The molecule has 80 valence electrons. The zero-order chi connectivity index (χ0) is 10.8. The Bertz CT molecular complexity index is 462. The standard InChI is InChI=1S/C12H16N2O/c1-2-8-3-4-11-9(5-8)6-12(14-11)10(13)7-15/h3-6,10,14-15H,2,7,13H2,1H3. The lowest BCUT2D eigenvalue weighted by Gasteiger charge is -2.03. The summed E-state index contributed by atoms with van der Waals surface area (Å²) in [7, 11) is 0. The lowest BCUT2D eigenvalue weighted by atomic mass is 10.1. The summed E-state index contributed by atoms with van der Waals surface area (Å²) in [6.45, 7) is 2.10. The number of H-pyrrole nitrogens is 1. The van der Waals surface area contributed by atoms with Gasteiger partial charge in [-0.2, -0.15) is 0 Å². The molecule has 3 heteroatoms. The van der Waals surface area contributed by atoms with E-state index in [1.807, 2.05) is 6.07 Å². The number of aliphatic hydroxyl groups excluding tert-OH is 1. The molecule has 0 amide bonds. The van der Waals surface area contributed by atoms with Gasteiger partial charge in [0.2, 0.25) is 0 Å². The number of nitrogens with one attached hydrogen (secondary N) is 1. The molecule has 1 atom stereocenters. The van der Waals surface area contributed by atoms with Crippen molar-refractivity contribution < 1.29 is 5.11 Å². The summed E-state index contributed by atoms with van der Waals surface area (Å²) in [5, 5.41) is 10.1. The number of rotatable bonds is 3. The molecule has 2 aromatic rings. The van der Waals surface area contributed by atoms with E-state index in [1.54, 1.807) is 0 Å². The van der Waals surface area contributed by atoms with Gasteiger partial charge in [0.1, 0.15) is 0 Å². The van der Waals surface area contributed by atoms with E-state index in [0.29, 0.717) is 0 Å². The van der Waals surface area contributed by atoms with Gasteiger partial charge in [-0.25, -0.2) is 0 Å². The van der Waals surface area contributed by atoms with Crippen LogP contribution in [0.2, 0.25) is 0 Å². The second-order valence-electron chi connectivity index (χ2n) is 3.79. The fraction of sp³-hybridized carbons (Fsp3) is 0.333. The lowest BCUT2D eigenvalue weighted by Crippen LogP contribution is -2.14. The SMILES string of the molecule is CCc1ccc2[nH]c(C(N)CO)cc2c1. The van der Waals surface area contributed by atoms with Crippen molar-refractivity contribution in [1.29, 1.82) is 0 Å². The molecule has 0 spiro atoms. The smallest absolute Gasteiger partial charge is 0.0683 e. The summed E-state index contributed by atoms with van der Waals surface area (Å²) in [6.07, 6.45) is 1.03. The number of benzene rings is 1. The van der Waals surface area contributed by atoms with Crippen LogP contribution in [-0.4, -0.2) is 16.7 Å². The molecule has 0 radical (unpaired) electrons. The fourth-order valence-corrected chi connectivity index (χ4v) is 1.72. The van der Waals surface area contributed by atoms with E-state index in [0.717, 1.165) is 23.0 Å². The molecule has 2 rings (SSSR count). The third-order valence-corrected chi connectivity index (χ3v) is 2.71. The van der Waals surface area contributed by atoms with E-state index in [2.05, 4.69) is 30.1 Å². The van der Waals surface area contributed by atoms with Gasteiger partial charge in [-0.05, 0) is 35.6 Å². The Hall–Kier alpha value is -1.32. The average Bonchev–Trinajstić information content (AvgIpc) is 2.70. The minimum absolute atomic E-state index is 0.0343. The molecule has 0 saturated heterocycles. The highest BCUT2D eigenvalue weighted by atomic mass is 16.3. The third kappa shape index (κ3) is 1.89. The normalized spacial score (nSPS) is 13.3. The fourth-order valence-electron chi connectivity index (χ4n) is 1.72. The van der Waals surface area contributed by atoms with Gasteiger partial charge in [-0.15, -0.1) is 0 Å². The van der Waals surface area contributed by atoms with Crippen molar-refractivity contribution in [3.05, 3.63) is 35.5 Å². The van der Waals surface area contributed by atoms with Gasteiger partial charge in [0.15, 0.2) is 0 Å². The van der Waals surface area contributed by atoms with Crippen molar-refractivity contribution in [2.75, 3.05) is 6.61 Å². The summed E-state index contributed by atoms with van der Waals surface area (Å²) in [6, 6.07) is 8.01. The quantitative estimate of drug-likeness (QED) is 0.713. The van der Waals surface area contributed by atoms with Crippen LogP contribution < -0.4 is 5.73 Å². The van der Waals surface area contributed by atoms with Crippen LogP contribution in [0.5, 0.6) is 0 Å². The van der Waals surface area contributed by atoms with E-state index in [9.17, 15) is 0 Å². The van der Waals surface area contributed by atoms with Crippen LogP contribution in [0.4, 0.5) is 0 Å². The van der Waals surface area contributed by atoms with E-state index in [4.69, 9.17) is 10.8 Å². The van der Waals surface area contributed by atoms with Crippen molar-refractivity contribution in [3.8, 4) is 0 Å². The summed E-state index contributed by atoms with van der Waals surface area (Å²) in [5.41, 5.74) is 9.02. The van der Waals surface area contributed by atoms with Crippen LogP contribution in [-0.2, 0) is 6.42 Å². The average molecular weight is 204 g/mol. The predicted molar refractivity (Wildman–Crippen MR) is 61.7 cm³/mol. The largest absolute Gasteiger partial charge is 0.394 e. The first kappa shape index (κ1) is 10.2. The molecule has 0 saturated carbocycles. The zero-order valence-corrected chi connectivity index (χ0v) is 8.83. The first-order chi connectivity index (χ1) is 7.24. The number of aliphatic hydroxyl groups is 1. The third-order valence-electron chi connectivity index (χ3n) is 2.71. The Balaban J connectivity index is 2.46. The minimum atomic E-state index is -0.317. The van der Waals surface area contributed by atoms with Crippen molar-refractivity contribution in [2.24, 2.45) is 5.73 Å². The Labute approximate surface area is 88.9 Å². The maximum absolute atomic E-state index is 8.97. The molecule has 0 aliphatic carbocycles. The maximum Gasteiger partial charge on any atom is 0.0683 e. The molecule has 3 nitrogen and oxygen atoms in total. The Kier molecular flexibility index (Phi) is 2.75. The van der Waals surface area contributed by atoms with E-state index < -0.39 is 0 Å². The number of hydrogen-bond donors (Lipinski definition) is 3. The molecule has 0 aliphatic heterocycles. The predicted octanol–water partition coefficient (Wildman–Crippen LogP) is 1.72. The second-order valence-corrected chi connectivity index (χ2v) is 3.79. The van der Waals surface area contributed by atoms with E-state index >= 15 is 0 Å². The van der Waals surface area contributed by atoms with E-state index in [1.165, 1.54) is 5.56 Å². The minimum Gasteiger partial charge on any atom is -0.394 e. The number of fused-ring (bicyclic) bond motifs is 1. The highest BCUT2D eigenvalue weighted by Gasteiger charge is 2.07. The number of aromatic nitrogens is 1. The van der Waals surface area contributed by atoms with Crippen molar-refractivity contribution in [3.63, 3.8) is 0 Å². The van der Waals surface area contributed by atoms with Crippen LogP contribution in [0.25, 0.3) is 10.9 Å². The molecule has 1 aromatic carbocycles. The molecule has 15 heavy (non-hydrogen) atoms. The summed E-state index contributed by atoms with van der Waals surface area (Å²) in [5.74, 6) is 0. The second kappa shape index (κ2) is 4.04. The molecule has 4 N–H and O–H groups in total. The number of aryl methyl sites for hydroxylation is 1. The van der Waals surface area contributed by atoms with Gasteiger partial charge >= 0.3 is 0 Å². The Morgan fingerprint density at radius 1 is 1.40 bits per heavy atom. The highest BCUT2D eigenvalue weighted by Crippen LogP contribution is 2.20. The number of nitrogens with two attached hydrogens (primary N) is 1. The molecular weight excluding hydrogens is 188 g/mol. The molecule has 0 fully saturated rings. The van der Waals surface area contributed by atoms with E-state index in [-0.39, 0.29) is 12.6 Å². The molecule has 0 aliphatic rings. The van der Waals surface area contributed by atoms with Crippen LogP contribution in [0, 0.1) is 0 Å². The van der Waals surface area contributed by atoms with Gasteiger partial charge in [-0.1, -0.05) is 13.0 Å². The van der Waals surface area contributed by atoms with Crippen LogP contribution in [0.3, 0.4) is 0 Å². The first-order valence-electron chi connectivity index (χ1n) is 5.22. The van der Waals surface area contributed by atoms with Gasteiger partial charge in [0.05, 0.1) is 12.6 Å². The molecule has 1 heterocycles. The van der Waals surface area contributed by atoms with Gasteiger partial charge in [0.25, 0.3) is 0 Å². The Morgan fingerprint density at radius 2 is 2.20 bits per heavy atom. The first-order valence-corrected chi connectivity index (χ1v) is 5.22. The summed E-state index contributed by atoms with van der Waals surface area (Å²) >= 11 is 0. The zero-order valence-electron chi connectivity index (χ0n) is 8.83. The summed E-state index contributed by atoms with van der Waals surface area (Å²) in [4.78, 5) is 3.21. The van der Waals surface area contributed by atoms with Crippen molar-refractivity contribution in [1.82, 2.24) is 4.98 Å². The van der Waals surface area contributed by atoms with Gasteiger partial charge in [-0.3, -0.25) is 0 Å². The topological polar surface area (TPSA) is 62.0 Å². The molecule has 0 bridgehead atoms. The van der Waals surface area contributed by atoms with Crippen molar-refractivity contribution in [2.45, 2.75) is 19.4 Å². The van der Waals surface area contributed by atoms with Crippen molar-refractivity contribution >= 4 is 10.9 Å². The molecule has 1 unspecified atom stereocenters. The monoisotopic (exact) mass is 204 g/mol. The molecular formula is C12H16N2O. The van der Waals surface area contributed by atoms with Gasteiger partial charge < -0.3 is 15.8 Å². The maximum atomic E-state index is 8.97. The van der Waals surface area contributed by atoms with Crippen LogP contribution in [0.15, 0.2) is 24.3 Å². The highest BCUT2D eigenvalue weighted by molar-refractivity contribution is 5.81. The number of aromatic amines is 1. The Morgan fingerprint density at radius 3 is 2.87 bits per heavy atom.